The Morgan fingerprint density at radius 2 is 2.00 bits per heavy atom. The molecule has 3 aliphatic rings. The fraction of sp³-hybridized carbons (Fsp3) is 0.842. The smallest absolute Gasteiger partial charge is 0.303 e. The van der Waals surface area contributed by atoms with E-state index in [0.29, 0.717) is 6.42 Å². The second-order valence-electron chi connectivity index (χ2n) is 8.29. The van der Waals surface area contributed by atoms with Crippen LogP contribution in [0.1, 0.15) is 40.5 Å². The van der Waals surface area contributed by atoms with E-state index in [0.717, 1.165) is 12.0 Å². The topological polar surface area (TPSA) is 74.2 Å². The SMILES string of the molecule is CO[C@H]1[C@@H]2[C@@H](O)O[C@]3([C@H](OC(C)=O)C/C(C)=C/[C@@H]1OC)[C@H]2CC3(C)C. The van der Waals surface area contributed by atoms with Gasteiger partial charge in [-0.15, -0.1) is 0 Å². The number of hydrogen-bond acceptors (Lipinski definition) is 6. The lowest BCUT2D eigenvalue weighted by atomic mass is 9.47. The minimum absolute atomic E-state index is 0.0451. The second-order valence-corrected chi connectivity index (χ2v) is 8.29. The van der Waals surface area contributed by atoms with E-state index in [1.54, 1.807) is 14.2 Å². The van der Waals surface area contributed by atoms with Crippen LogP contribution in [-0.4, -0.2) is 55.5 Å². The molecule has 25 heavy (non-hydrogen) atoms. The van der Waals surface area contributed by atoms with Gasteiger partial charge < -0.3 is 24.1 Å². The van der Waals surface area contributed by atoms with Crippen LogP contribution >= 0.6 is 0 Å². The van der Waals surface area contributed by atoms with Gasteiger partial charge in [0.1, 0.15) is 17.8 Å². The molecule has 1 saturated carbocycles. The molecular weight excluding hydrogens is 324 g/mol. The minimum atomic E-state index is -0.973. The van der Waals surface area contributed by atoms with E-state index in [9.17, 15) is 9.90 Å². The predicted octanol–water partition coefficient (Wildman–Crippen LogP) is 2.05. The third-order valence-electron chi connectivity index (χ3n) is 6.44. The number of rotatable bonds is 3. The Labute approximate surface area is 149 Å². The molecule has 0 spiro atoms. The first-order valence-electron chi connectivity index (χ1n) is 8.94. The van der Waals surface area contributed by atoms with Gasteiger partial charge in [-0.05, 0) is 18.8 Å². The molecule has 142 valence electrons. The number of methoxy groups -OCH3 is 2. The van der Waals surface area contributed by atoms with E-state index in [-0.39, 0.29) is 35.4 Å². The maximum Gasteiger partial charge on any atom is 0.303 e. The summed E-state index contributed by atoms with van der Waals surface area (Å²) in [5.74, 6) is -0.520. The molecule has 7 atom stereocenters. The van der Waals surface area contributed by atoms with E-state index < -0.39 is 18.0 Å². The summed E-state index contributed by atoms with van der Waals surface area (Å²) in [6, 6.07) is 0. The first-order chi connectivity index (χ1) is 11.7. The Morgan fingerprint density at radius 3 is 2.52 bits per heavy atom. The van der Waals surface area contributed by atoms with E-state index in [1.165, 1.54) is 6.92 Å². The summed E-state index contributed by atoms with van der Waals surface area (Å²) in [4.78, 5) is 11.8. The lowest BCUT2D eigenvalue weighted by Crippen LogP contribution is -2.68. The Hall–Kier alpha value is -0.950. The number of ether oxygens (including phenoxy) is 4. The maximum absolute atomic E-state index is 11.8. The summed E-state index contributed by atoms with van der Waals surface area (Å²) in [5, 5.41) is 10.8. The van der Waals surface area contributed by atoms with Gasteiger partial charge in [-0.3, -0.25) is 4.79 Å². The molecule has 1 saturated heterocycles. The molecule has 0 amide bonds. The van der Waals surface area contributed by atoms with Crippen LogP contribution in [0.4, 0.5) is 0 Å². The van der Waals surface area contributed by atoms with Crippen molar-refractivity contribution in [1.29, 1.82) is 0 Å². The second kappa shape index (κ2) is 6.34. The molecule has 0 aromatic rings. The highest BCUT2D eigenvalue weighted by atomic mass is 16.7. The zero-order valence-electron chi connectivity index (χ0n) is 15.9. The fourth-order valence-electron chi connectivity index (χ4n) is 5.45. The molecule has 6 heteroatoms. The molecule has 1 heterocycles. The van der Waals surface area contributed by atoms with Gasteiger partial charge in [0.2, 0.25) is 0 Å². The standard InChI is InChI=1S/C19H30O6/c1-10-7-13(22-5)16(23-6)15-12-9-18(3,4)19(12,25-17(15)21)14(8-10)24-11(2)20/h7,12-17,21H,8-9H2,1-6H3/b10-7+/t12-,13-,14+,15+,16+,17-,19-/m0/s1. The van der Waals surface area contributed by atoms with Crippen molar-refractivity contribution in [3.63, 3.8) is 0 Å². The van der Waals surface area contributed by atoms with Crippen molar-refractivity contribution in [3.05, 3.63) is 11.6 Å². The van der Waals surface area contributed by atoms with Gasteiger partial charge >= 0.3 is 5.97 Å². The number of carbonyl (C=O) groups excluding carboxylic acids is 1. The lowest BCUT2D eigenvalue weighted by Gasteiger charge is -2.61. The molecule has 1 aliphatic heterocycles. The summed E-state index contributed by atoms with van der Waals surface area (Å²) < 4.78 is 23.3. The number of aliphatic hydroxyl groups excluding tert-OH is 1. The lowest BCUT2D eigenvalue weighted by molar-refractivity contribution is -0.276. The normalized spacial score (nSPS) is 47.4. The zero-order chi connectivity index (χ0) is 18.6. The highest BCUT2D eigenvalue weighted by molar-refractivity contribution is 5.66. The molecule has 0 aromatic heterocycles. The van der Waals surface area contributed by atoms with E-state index in [4.69, 9.17) is 18.9 Å². The Bertz CT molecular complexity index is 570. The first-order valence-corrected chi connectivity index (χ1v) is 8.94. The Kier molecular flexibility index (Phi) is 4.77. The number of esters is 1. The highest BCUT2D eigenvalue weighted by Gasteiger charge is 2.75. The average molecular weight is 354 g/mol. The molecule has 6 nitrogen and oxygen atoms in total. The van der Waals surface area contributed by atoms with Gasteiger partial charge in [0.05, 0.1) is 6.10 Å². The quantitative estimate of drug-likeness (QED) is 0.618. The molecule has 2 fully saturated rings. The molecule has 1 N–H and O–H groups in total. The summed E-state index contributed by atoms with van der Waals surface area (Å²) in [6.45, 7) is 7.65. The van der Waals surface area contributed by atoms with Gasteiger partial charge in [0, 0.05) is 39.4 Å². The number of hydrogen-bond donors (Lipinski definition) is 1. The Balaban J connectivity index is 2.11. The van der Waals surface area contributed by atoms with Gasteiger partial charge in [-0.1, -0.05) is 25.5 Å². The van der Waals surface area contributed by atoms with Gasteiger partial charge in [0.25, 0.3) is 0 Å². The molecule has 0 radical (unpaired) electrons. The van der Waals surface area contributed by atoms with Crippen molar-refractivity contribution in [2.45, 2.75) is 70.7 Å². The third-order valence-corrected chi connectivity index (χ3v) is 6.44. The molecule has 2 bridgehead atoms. The van der Waals surface area contributed by atoms with Crippen molar-refractivity contribution in [1.82, 2.24) is 0 Å². The van der Waals surface area contributed by atoms with Crippen LogP contribution in [0.5, 0.6) is 0 Å². The summed E-state index contributed by atoms with van der Waals surface area (Å²) in [5.41, 5.74) is 0.137. The van der Waals surface area contributed by atoms with Crippen LogP contribution in [0.15, 0.2) is 11.6 Å². The molecule has 2 aliphatic carbocycles. The zero-order valence-corrected chi connectivity index (χ0v) is 15.9. The monoisotopic (exact) mass is 354 g/mol. The van der Waals surface area contributed by atoms with Crippen LogP contribution in [-0.2, 0) is 23.7 Å². The van der Waals surface area contributed by atoms with Crippen LogP contribution in [0.2, 0.25) is 0 Å². The van der Waals surface area contributed by atoms with E-state index in [2.05, 4.69) is 13.8 Å². The van der Waals surface area contributed by atoms with Crippen LogP contribution < -0.4 is 0 Å². The largest absolute Gasteiger partial charge is 0.459 e. The molecule has 0 unspecified atom stereocenters. The molecule has 0 aromatic carbocycles. The predicted molar refractivity (Wildman–Crippen MR) is 90.7 cm³/mol. The van der Waals surface area contributed by atoms with Crippen molar-refractivity contribution < 1.29 is 28.8 Å². The summed E-state index contributed by atoms with van der Waals surface area (Å²) in [6.07, 6.45) is 1.41. The van der Waals surface area contributed by atoms with Crippen LogP contribution in [0.25, 0.3) is 0 Å². The minimum Gasteiger partial charge on any atom is -0.459 e. The van der Waals surface area contributed by atoms with E-state index >= 15 is 0 Å². The van der Waals surface area contributed by atoms with E-state index in [1.807, 2.05) is 13.0 Å². The number of aliphatic hydroxyl groups is 1. The van der Waals surface area contributed by atoms with Crippen LogP contribution in [0.3, 0.4) is 0 Å². The summed E-state index contributed by atoms with van der Waals surface area (Å²) in [7, 11) is 3.28. The first kappa shape index (κ1) is 18.8. The van der Waals surface area contributed by atoms with Gasteiger partial charge in [-0.25, -0.2) is 0 Å². The summed E-state index contributed by atoms with van der Waals surface area (Å²) >= 11 is 0. The maximum atomic E-state index is 11.8. The van der Waals surface area contributed by atoms with Crippen molar-refractivity contribution in [2.24, 2.45) is 17.3 Å². The number of carbonyl (C=O) groups is 1. The van der Waals surface area contributed by atoms with Crippen molar-refractivity contribution >= 4 is 5.97 Å². The van der Waals surface area contributed by atoms with Gasteiger partial charge in [0.15, 0.2) is 6.29 Å². The van der Waals surface area contributed by atoms with Crippen molar-refractivity contribution in [2.75, 3.05) is 14.2 Å². The average Bonchev–Trinajstić information content (AvgIpc) is 2.77. The van der Waals surface area contributed by atoms with Crippen LogP contribution in [0, 0.1) is 17.3 Å². The molecule has 3 rings (SSSR count). The highest BCUT2D eigenvalue weighted by Crippen LogP contribution is 2.67. The third kappa shape index (κ3) is 2.65. The van der Waals surface area contributed by atoms with Gasteiger partial charge in [-0.2, -0.15) is 0 Å². The molecular formula is C19H30O6. The Morgan fingerprint density at radius 1 is 1.32 bits per heavy atom. The fourth-order valence-corrected chi connectivity index (χ4v) is 5.45. The van der Waals surface area contributed by atoms with Crippen molar-refractivity contribution in [3.8, 4) is 0 Å².